The molecule has 1 amide bonds. The van der Waals surface area contributed by atoms with Crippen LogP contribution in [0.5, 0.6) is 0 Å². The third kappa shape index (κ3) is 3.90. The third-order valence-corrected chi connectivity index (χ3v) is 2.54. The summed E-state index contributed by atoms with van der Waals surface area (Å²) in [6.45, 7) is 3.17. The summed E-state index contributed by atoms with van der Waals surface area (Å²) in [7, 11) is 1.69. The summed E-state index contributed by atoms with van der Waals surface area (Å²) in [5.74, 6) is 3.06. The van der Waals surface area contributed by atoms with E-state index in [1.54, 1.807) is 7.11 Å². The Morgan fingerprint density at radius 3 is 3.20 bits per heavy atom. The van der Waals surface area contributed by atoms with Crippen molar-refractivity contribution in [1.29, 1.82) is 0 Å². The fraction of sp³-hybridized carbons (Fsp3) is 0.727. The zero-order valence-electron chi connectivity index (χ0n) is 9.16. The molecule has 0 radical (unpaired) electrons. The highest BCUT2D eigenvalue weighted by molar-refractivity contribution is 5.78. The number of carbonyl (C=O) groups is 1. The molecule has 0 aromatic rings. The van der Waals surface area contributed by atoms with E-state index in [-0.39, 0.29) is 5.91 Å². The molecule has 4 nitrogen and oxygen atoms in total. The van der Waals surface area contributed by atoms with E-state index in [1.807, 2.05) is 4.90 Å². The molecule has 15 heavy (non-hydrogen) atoms. The largest absolute Gasteiger partial charge is 0.384 e. The molecule has 4 heteroatoms. The molecule has 1 aliphatic rings. The highest BCUT2D eigenvalue weighted by Gasteiger charge is 2.25. The van der Waals surface area contributed by atoms with Crippen LogP contribution in [0.15, 0.2) is 0 Å². The standard InChI is InChI=1S/C11H18N2O2/c1-3-5-12-7-11(14)13-6-4-10(8-13)9-15-2/h1,10,12H,4-9H2,2H3. The molecular formula is C11H18N2O2. The molecule has 1 aliphatic heterocycles. The monoisotopic (exact) mass is 210 g/mol. The Bertz CT molecular complexity index is 247. The fourth-order valence-electron chi connectivity index (χ4n) is 1.78. The van der Waals surface area contributed by atoms with Crippen LogP contribution in [-0.4, -0.2) is 50.7 Å². The second kappa shape index (κ2) is 6.44. The van der Waals surface area contributed by atoms with Gasteiger partial charge < -0.3 is 9.64 Å². The molecule has 1 heterocycles. The van der Waals surface area contributed by atoms with Crippen molar-refractivity contribution >= 4 is 5.91 Å². The number of amides is 1. The summed E-state index contributed by atoms with van der Waals surface area (Å²) in [5.41, 5.74) is 0. The minimum absolute atomic E-state index is 0.129. The van der Waals surface area contributed by atoms with Crippen LogP contribution in [0.25, 0.3) is 0 Å². The van der Waals surface area contributed by atoms with Crippen molar-refractivity contribution in [2.24, 2.45) is 5.92 Å². The van der Waals surface area contributed by atoms with Crippen molar-refractivity contribution in [2.45, 2.75) is 6.42 Å². The third-order valence-electron chi connectivity index (χ3n) is 2.54. The van der Waals surface area contributed by atoms with E-state index in [4.69, 9.17) is 11.2 Å². The Kier molecular flexibility index (Phi) is 5.16. The second-order valence-corrected chi connectivity index (χ2v) is 3.76. The maximum Gasteiger partial charge on any atom is 0.236 e. The predicted octanol–water partition coefficient (Wildman–Crippen LogP) is -0.296. The van der Waals surface area contributed by atoms with Crippen LogP contribution in [0.1, 0.15) is 6.42 Å². The maximum atomic E-state index is 11.6. The molecule has 0 bridgehead atoms. The van der Waals surface area contributed by atoms with Gasteiger partial charge in [0.1, 0.15) is 0 Å². The number of likely N-dealkylation sites (tertiary alicyclic amines) is 1. The Hall–Kier alpha value is -1.05. The number of hydrogen-bond donors (Lipinski definition) is 1. The van der Waals surface area contributed by atoms with Gasteiger partial charge in [-0.3, -0.25) is 10.1 Å². The summed E-state index contributed by atoms with van der Waals surface area (Å²) in [4.78, 5) is 13.5. The van der Waals surface area contributed by atoms with Crippen molar-refractivity contribution in [3.63, 3.8) is 0 Å². The summed E-state index contributed by atoms with van der Waals surface area (Å²) in [6, 6.07) is 0. The lowest BCUT2D eigenvalue weighted by molar-refractivity contribution is -0.129. The highest BCUT2D eigenvalue weighted by Crippen LogP contribution is 2.15. The van der Waals surface area contributed by atoms with Gasteiger partial charge in [0.2, 0.25) is 5.91 Å². The minimum Gasteiger partial charge on any atom is -0.384 e. The number of methoxy groups -OCH3 is 1. The number of terminal acetylenes is 1. The zero-order chi connectivity index (χ0) is 11.1. The predicted molar refractivity (Wildman–Crippen MR) is 58.3 cm³/mol. The topological polar surface area (TPSA) is 41.6 Å². The van der Waals surface area contributed by atoms with Gasteiger partial charge in [0.05, 0.1) is 19.7 Å². The first-order valence-corrected chi connectivity index (χ1v) is 5.18. The number of carbonyl (C=O) groups excluding carboxylic acids is 1. The molecular weight excluding hydrogens is 192 g/mol. The van der Waals surface area contributed by atoms with E-state index >= 15 is 0 Å². The van der Waals surface area contributed by atoms with E-state index in [0.29, 0.717) is 19.0 Å². The quantitative estimate of drug-likeness (QED) is 0.500. The van der Waals surface area contributed by atoms with Crippen molar-refractivity contribution in [3.8, 4) is 12.3 Å². The molecule has 84 valence electrons. The molecule has 1 N–H and O–H groups in total. The van der Waals surface area contributed by atoms with Crippen LogP contribution >= 0.6 is 0 Å². The Morgan fingerprint density at radius 1 is 1.73 bits per heavy atom. The molecule has 1 fully saturated rings. The first-order chi connectivity index (χ1) is 7.27. The van der Waals surface area contributed by atoms with Crippen LogP contribution in [0.4, 0.5) is 0 Å². The summed E-state index contributed by atoms with van der Waals surface area (Å²) >= 11 is 0. The normalized spacial score (nSPS) is 20.3. The van der Waals surface area contributed by atoms with E-state index in [9.17, 15) is 4.79 Å². The average molecular weight is 210 g/mol. The van der Waals surface area contributed by atoms with Crippen LogP contribution in [-0.2, 0) is 9.53 Å². The maximum absolute atomic E-state index is 11.6. The molecule has 0 aliphatic carbocycles. The lowest BCUT2D eigenvalue weighted by Gasteiger charge is -2.16. The van der Waals surface area contributed by atoms with E-state index in [1.165, 1.54) is 0 Å². The van der Waals surface area contributed by atoms with E-state index in [0.717, 1.165) is 26.1 Å². The highest BCUT2D eigenvalue weighted by atomic mass is 16.5. The molecule has 1 unspecified atom stereocenters. The average Bonchev–Trinajstić information content (AvgIpc) is 2.67. The van der Waals surface area contributed by atoms with Gasteiger partial charge in [-0.15, -0.1) is 6.42 Å². The van der Waals surface area contributed by atoms with E-state index < -0.39 is 0 Å². The van der Waals surface area contributed by atoms with Gasteiger partial charge in [-0.25, -0.2) is 0 Å². The van der Waals surface area contributed by atoms with Crippen LogP contribution < -0.4 is 5.32 Å². The second-order valence-electron chi connectivity index (χ2n) is 3.76. The van der Waals surface area contributed by atoms with Crippen molar-refractivity contribution < 1.29 is 9.53 Å². The van der Waals surface area contributed by atoms with E-state index in [2.05, 4.69) is 11.2 Å². The van der Waals surface area contributed by atoms with Gasteiger partial charge in [-0.2, -0.15) is 0 Å². The lowest BCUT2D eigenvalue weighted by Crippen LogP contribution is -2.37. The van der Waals surface area contributed by atoms with Gasteiger partial charge in [-0.05, 0) is 6.42 Å². The van der Waals surface area contributed by atoms with Crippen molar-refractivity contribution in [2.75, 3.05) is 39.9 Å². The number of rotatable bonds is 5. The van der Waals surface area contributed by atoms with Gasteiger partial charge in [0, 0.05) is 26.1 Å². The summed E-state index contributed by atoms with van der Waals surface area (Å²) in [5, 5.41) is 2.90. The first-order valence-electron chi connectivity index (χ1n) is 5.18. The Morgan fingerprint density at radius 2 is 2.53 bits per heavy atom. The zero-order valence-corrected chi connectivity index (χ0v) is 9.16. The van der Waals surface area contributed by atoms with Gasteiger partial charge in [0.15, 0.2) is 0 Å². The Labute approximate surface area is 91.0 Å². The summed E-state index contributed by atoms with van der Waals surface area (Å²) < 4.78 is 5.07. The lowest BCUT2D eigenvalue weighted by atomic mass is 10.1. The molecule has 0 aromatic carbocycles. The van der Waals surface area contributed by atoms with Crippen LogP contribution in [0, 0.1) is 18.3 Å². The smallest absolute Gasteiger partial charge is 0.236 e. The molecule has 1 saturated heterocycles. The van der Waals surface area contributed by atoms with Crippen LogP contribution in [0.3, 0.4) is 0 Å². The number of ether oxygens (including phenoxy) is 1. The van der Waals surface area contributed by atoms with Gasteiger partial charge >= 0.3 is 0 Å². The number of nitrogens with one attached hydrogen (secondary N) is 1. The number of nitrogens with zero attached hydrogens (tertiary/aromatic N) is 1. The first kappa shape index (κ1) is 12.0. The molecule has 0 spiro atoms. The SMILES string of the molecule is C#CCNCC(=O)N1CCC(COC)C1. The van der Waals surface area contributed by atoms with Crippen molar-refractivity contribution in [1.82, 2.24) is 10.2 Å². The molecule has 1 rings (SSSR count). The van der Waals surface area contributed by atoms with Gasteiger partial charge in [0.25, 0.3) is 0 Å². The van der Waals surface area contributed by atoms with Gasteiger partial charge in [-0.1, -0.05) is 5.92 Å². The minimum atomic E-state index is 0.129. The molecule has 0 aromatic heterocycles. The number of hydrogen-bond acceptors (Lipinski definition) is 3. The van der Waals surface area contributed by atoms with Crippen molar-refractivity contribution in [3.05, 3.63) is 0 Å². The summed E-state index contributed by atoms with van der Waals surface area (Å²) in [6.07, 6.45) is 6.11. The fourth-order valence-corrected chi connectivity index (χ4v) is 1.78. The Balaban J connectivity index is 2.21. The molecule has 1 atom stereocenters. The van der Waals surface area contributed by atoms with Crippen LogP contribution in [0.2, 0.25) is 0 Å². The molecule has 0 saturated carbocycles.